The molecule has 3 N–H and O–H groups in total. The molecule has 148 valence electrons. The van der Waals surface area contributed by atoms with E-state index in [0.29, 0.717) is 0 Å². The van der Waals surface area contributed by atoms with Gasteiger partial charge in [0.15, 0.2) is 0 Å². The molecular weight excluding hydrogens is 398 g/mol. The van der Waals surface area contributed by atoms with Crippen LogP contribution in [0.2, 0.25) is 5.02 Å². The molecule has 1 heterocycles. The van der Waals surface area contributed by atoms with Crippen molar-refractivity contribution in [3.63, 3.8) is 0 Å². The van der Waals surface area contributed by atoms with E-state index in [1.54, 1.807) is 0 Å². The summed E-state index contributed by atoms with van der Waals surface area (Å²) in [7, 11) is 1.47. The highest BCUT2D eigenvalue weighted by molar-refractivity contribution is 6.32. The van der Waals surface area contributed by atoms with Crippen molar-refractivity contribution >= 4 is 40.5 Å². The number of carbonyl (C=O) groups excluding carboxylic acids is 1. The molecule has 0 spiro atoms. The molecule has 0 atom stereocenters. The van der Waals surface area contributed by atoms with Gasteiger partial charge in [-0.25, -0.2) is 9.97 Å². The highest BCUT2D eigenvalue weighted by Crippen LogP contribution is 2.28. The summed E-state index contributed by atoms with van der Waals surface area (Å²) >= 11 is 5.70. The van der Waals surface area contributed by atoms with E-state index in [1.807, 2.05) is 0 Å². The van der Waals surface area contributed by atoms with Gasteiger partial charge in [0, 0.05) is 25.3 Å². The molecule has 0 fully saturated rings. The van der Waals surface area contributed by atoms with Gasteiger partial charge in [-0.15, -0.1) is 0 Å². The van der Waals surface area contributed by atoms with Gasteiger partial charge >= 0.3 is 5.69 Å². The first-order chi connectivity index (χ1) is 13.3. The van der Waals surface area contributed by atoms with Crippen molar-refractivity contribution in [2.75, 3.05) is 31.0 Å². The Balaban J connectivity index is 2.18. The number of hydrogen-bond donors (Lipinski definition) is 3. The van der Waals surface area contributed by atoms with Crippen LogP contribution in [0.1, 0.15) is 10.4 Å². The lowest BCUT2D eigenvalue weighted by molar-refractivity contribution is -0.384. The van der Waals surface area contributed by atoms with Gasteiger partial charge in [-0.2, -0.15) is 0 Å². The molecule has 0 saturated heterocycles. The van der Waals surface area contributed by atoms with E-state index in [0.717, 1.165) is 12.4 Å². The van der Waals surface area contributed by atoms with Crippen molar-refractivity contribution in [1.29, 1.82) is 0 Å². The van der Waals surface area contributed by atoms with Crippen molar-refractivity contribution < 1.29 is 19.4 Å². The van der Waals surface area contributed by atoms with Crippen LogP contribution in [0.15, 0.2) is 24.5 Å². The number of nitro benzene ring substituents is 1. The maximum absolute atomic E-state index is 12.2. The van der Waals surface area contributed by atoms with Gasteiger partial charge in [0.25, 0.3) is 11.6 Å². The molecule has 0 aliphatic rings. The highest BCUT2D eigenvalue weighted by Gasteiger charge is 2.23. The second-order valence-corrected chi connectivity index (χ2v) is 5.51. The van der Waals surface area contributed by atoms with Gasteiger partial charge in [-0.3, -0.25) is 35.9 Å². The van der Waals surface area contributed by atoms with Crippen LogP contribution >= 0.6 is 11.6 Å². The minimum Gasteiger partial charge on any atom is -0.383 e. The zero-order valence-electron chi connectivity index (χ0n) is 14.3. The Morgan fingerprint density at radius 3 is 2.57 bits per heavy atom. The molecule has 14 heteroatoms. The van der Waals surface area contributed by atoms with Gasteiger partial charge in [0.05, 0.1) is 16.5 Å². The molecule has 1 aromatic carbocycles. The fraction of sp³-hybridized carbons (Fsp3) is 0.214. The number of hydrogen-bond acceptors (Lipinski definition) is 10. The number of methoxy groups -OCH3 is 1. The number of halogens is 1. The van der Waals surface area contributed by atoms with Crippen LogP contribution in [0.5, 0.6) is 0 Å². The minimum absolute atomic E-state index is 0.0732. The van der Waals surface area contributed by atoms with Gasteiger partial charge in [-0.1, -0.05) is 11.6 Å². The largest absolute Gasteiger partial charge is 0.383 e. The summed E-state index contributed by atoms with van der Waals surface area (Å²) in [6.07, 6.45) is 1.06. The molecule has 0 radical (unpaired) electrons. The topological polar surface area (TPSA) is 174 Å². The predicted molar refractivity (Wildman–Crippen MR) is 98.2 cm³/mol. The quantitative estimate of drug-likeness (QED) is 0.313. The fourth-order valence-corrected chi connectivity index (χ4v) is 2.21. The Kier molecular flexibility index (Phi) is 6.95. The monoisotopic (exact) mass is 411 g/mol. The molecule has 0 unspecified atom stereocenters. The number of benzene rings is 1. The van der Waals surface area contributed by atoms with Crippen LogP contribution in [0.4, 0.5) is 23.0 Å². The third-order valence-corrected chi connectivity index (χ3v) is 3.62. The van der Waals surface area contributed by atoms with Gasteiger partial charge in [-0.05, 0) is 12.1 Å². The van der Waals surface area contributed by atoms with Crippen LogP contribution < -0.4 is 16.2 Å². The Morgan fingerprint density at radius 2 is 1.93 bits per heavy atom. The molecule has 0 bridgehead atoms. The van der Waals surface area contributed by atoms with E-state index in [1.165, 1.54) is 19.2 Å². The normalized spacial score (nSPS) is 10.2. The Bertz CT molecular complexity index is 910. The lowest BCUT2D eigenvalue weighted by atomic mass is 10.2. The van der Waals surface area contributed by atoms with Crippen molar-refractivity contribution in [2.45, 2.75) is 0 Å². The lowest BCUT2D eigenvalue weighted by Gasteiger charge is -2.11. The number of amides is 1. The number of hydrazine groups is 1. The maximum Gasteiger partial charge on any atom is 0.354 e. The van der Waals surface area contributed by atoms with E-state index in [-0.39, 0.29) is 35.4 Å². The lowest BCUT2D eigenvalue weighted by Crippen LogP contribution is -2.30. The minimum atomic E-state index is -0.790. The third-order valence-electron chi connectivity index (χ3n) is 3.30. The van der Waals surface area contributed by atoms with Crippen LogP contribution in [0.25, 0.3) is 0 Å². The summed E-state index contributed by atoms with van der Waals surface area (Å²) in [5, 5.41) is 24.9. The summed E-state index contributed by atoms with van der Waals surface area (Å²) in [6, 6.07) is 3.43. The molecule has 1 aromatic heterocycles. The van der Waals surface area contributed by atoms with E-state index in [2.05, 4.69) is 26.1 Å². The molecule has 0 aliphatic carbocycles. The zero-order valence-corrected chi connectivity index (χ0v) is 15.1. The molecular formula is C14H14ClN7O6. The maximum atomic E-state index is 12.2. The SMILES string of the molecule is COCCNc1ncnc(NNC(=O)c2ccc(Cl)c([N+](=O)[O-])c2)c1[N+](=O)[O-]. The van der Waals surface area contributed by atoms with Gasteiger partial charge < -0.3 is 10.1 Å². The molecule has 13 nitrogen and oxygen atoms in total. The Labute approximate surface area is 162 Å². The predicted octanol–water partition coefficient (Wildman–Crippen LogP) is 1.76. The highest BCUT2D eigenvalue weighted by atomic mass is 35.5. The molecule has 0 aliphatic heterocycles. The first-order valence-corrected chi connectivity index (χ1v) is 7.95. The molecule has 2 rings (SSSR count). The van der Waals surface area contributed by atoms with Crippen molar-refractivity contribution in [1.82, 2.24) is 15.4 Å². The number of ether oxygens (including phenoxy) is 1. The second-order valence-electron chi connectivity index (χ2n) is 5.10. The number of anilines is 2. The van der Waals surface area contributed by atoms with Crippen LogP contribution in [-0.2, 0) is 4.74 Å². The zero-order chi connectivity index (χ0) is 20.7. The summed E-state index contributed by atoms with van der Waals surface area (Å²) in [6.45, 7) is 0.546. The molecule has 1 amide bonds. The Morgan fingerprint density at radius 1 is 1.21 bits per heavy atom. The number of nitro groups is 2. The number of nitrogens with zero attached hydrogens (tertiary/aromatic N) is 4. The van der Waals surface area contributed by atoms with Gasteiger partial charge in [0.1, 0.15) is 11.3 Å². The number of aromatic nitrogens is 2. The summed E-state index contributed by atoms with van der Waals surface area (Å²) < 4.78 is 4.85. The summed E-state index contributed by atoms with van der Waals surface area (Å²) in [4.78, 5) is 40.5. The van der Waals surface area contributed by atoms with E-state index in [4.69, 9.17) is 16.3 Å². The van der Waals surface area contributed by atoms with Crippen LogP contribution in [0.3, 0.4) is 0 Å². The smallest absolute Gasteiger partial charge is 0.354 e. The average Bonchev–Trinajstić information content (AvgIpc) is 2.66. The number of rotatable bonds is 9. The van der Waals surface area contributed by atoms with Crippen molar-refractivity contribution in [3.05, 3.63) is 55.3 Å². The van der Waals surface area contributed by atoms with Gasteiger partial charge in [0.2, 0.25) is 11.6 Å². The van der Waals surface area contributed by atoms with E-state index < -0.39 is 27.1 Å². The number of carbonyl (C=O) groups is 1. The first kappa shape index (κ1) is 20.7. The average molecular weight is 412 g/mol. The molecule has 2 aromatic rings. The summed E-state index contributed by atoms with van der Waals surface area (Å²) in [5.41, 5.74) is 3.47. The first-order valence-electron chi connectivity index (χ1n) is 7.57. The summed E-state index contributed by atoms with van der Waals surface area (Å²) in [5.74, 6) is -1.14. The van der Waals surface area contributed by atoms with E-state index in [9.17, 15) is 25.0 Å². The molecule has 0 saturated carbocycles. The van der Waals surface area contributed by atoms with Crippen molar-refractivity contribution in [2.24, 2.45) is 0 Å². The van der Waals surface area contributed by atoms with Crippen molar-refractivity contribution in [3.8, 4) is 0 Å². The third kappa shape index (κ3) is 4.99. The standard InChI is InChI=1S/C14H14ClN7O6/c1-28-5-4-16-12-11(22(26)27)13(18-7-17-12)19-20-14(23)8-2-3-9(15)10(6-8)21(24)25/h2-3,6-7H,4-5H2,1H3,(H,20,23)(H2,16,17,18,19). The van der Waals surface area contributed by atoms with E-state index >= 15 is 0 Å². The van der Waals surface area contributed by atoms with Crippen LogP contribution in [0, 0.1) is 20.2 Å². The second kappa shape index (κ2) is 9.38. The molecule has 28 heavy (non-hydrogen) atoms. The van der Waals surface area contributed by atoms with Crippen LogP contribution in [-0.4, -0.2) is 46.0 Å². The Hall–Kier alpha value is -3.58. The number of nitrogens with one attached hydrogen (secondary N) is 3. The fourth-order valence-electron chi connectivity index (χ4n) is 2.03.